The second-order valence-electron chi connectivity index (χ2n) is 5.18. The van der Waals surface area contributed by atoms with Crippen LogP contribution in [0.25, 0.3) is 10.9 Å². The van der Waals surface area contributed by atoms with E-state index in [4.69, 9.17) is 10.5 Å². The van der Waals surface area contributed by atoms with Crippen molar-refractivity contribution in [2.75, 3.05) is 13.7 Å². The van der Waals surface area contributed by atoms with Gasteiger partial charge in [0.1, 0.15) is 5.75 Å². The standard InChI is InChI=1S/C18H20N2O/c1-21-16-7-5-14(6-8-16)13-20-12-10-17-15(9-11-19)3-2-4-18(17)20/h2-8,10,12H,9,11,13,19H2,1H3. The molecular formula is C18H20N2O. The molecule has 3 rings (SSSR count). The van der Waals surface area contributed by atoms with E-state index in [1.54, 1.807) is 7.11 Å². The molecule has 0 amide bonds. The first-order valence-corrected chi connectivity index (χ1v) is 7.21. The van der Waals surface area contributed by atoms with Crippen molar-refractivity contribution in [3.05, 3.63) is 65.9 Å². The molecule has 3 nitrogen and oxygen atoms in total. The minimum atomic E-state index is 0.683. The van der Waals surface area contributed by atoms with Crippen LogP contribution in [-0.4, -0.2) is 18.2 Å². The van der Waals surface area contributed by atoms with Crippen LogP contribution in [-0.2, 0) is 13.0 Å². The van der Waals surface area contributed by atoms with Crippen molar-refractivity contribution in [1.82, 2.24) is 4.57 Å². The summed E-state index contributed by atoms with van der Waals surface area (Å²) in [5.41, 5.74) is 9.54. The van der Waals surface area contributed by atoms with Gasteiger partial charge in [-0.3, -0.25) is 0 Å². The number of hydrogen-bond donors (Lipinski definition) is 1. The van der Waals surface area contributed by atoms with Gasteiger partial charge in [-0.2, -0.15) is 0 Å². The number of ether oxygens (including phenoxy) is 1. The third-order valence-corrected chi connectivity index (χ3v) is 3.83. The molecule has 0 atom stereocenters. The normalized spacial score (nSPS) is 11.0. The zero-order valence-corrected chi connectivity index (χ0v) is 12.3. The molecule has 0 saturated carbocycles. The highest BCUT2D eigenvalue weighted by Crippen LogP contribution is 2.22. The van der Waals surface area contributed by atoms with E-state index in [-0.39, 0.29) is 0 Å². The van der Waals surface area contributed by atoms with Gasteiger partial charge in [0.2, 0.25) is 0 Å². The van der Waals surface area contributed by atoms with Crippen molar-refractivity contribution < 1.29 is 4.74 Å². The van der Waals surface area contributed by atoms with Gasteiger partial charge in [-0.1, -0.05) is 24.3 Å². The average Bonchev–Trinajstić information content (AvgIpc) is 2.93. The Morgan fingerprint density at radius 3 is 2.57 bits per heavy atom. The van der Waals surface area contributed by atoms with E-state index in [1.807, 2.05) is 12.1 Å². The second-order valence-corrected chi connectivity index (χ2v) is 5.18. The number of hydrogen-bond acceptors (Lipinski definition) is 2. The molecule has 2 aromatic carbocycles. The van der Waals surface area contributed by atoms with Gasteiger partial charge in [-0.25, -0.2) is 0 Å². The van der Waals surface area contributed by atoms with Gasteiger partial charge in [-0.05, 0) is 48.4 Å². The summed E-state index contributed by atoms with van der Waals surface area (Å²) in [6.07, 6.45) is 3.07. The summed E-state index contributed by atoms with van der Waals surface area (Å²) in [6, 6.07) is 16.8. The summed E-state index contributed by atoms with van der Waals surface area (Å²) < 4.78 is 7.47. The van der Waals surface area contributed by atoms with Crippen LogP contribution in [0, 0.1) is 0 Å². The highest BCUT2D eigenvalue weighted by atomic mass is 16.5. The van der Waals surface area contributed by atoms with Crippen LogP contribution < -0.4 is 10.5 Å². The molecule has 2 N–H and O–H groups in total. The molecule has 3 heteroatoms. The third kappa shape index (κ3) is 2.78. The summed E-state index contributed by atoms with van der Waals surface area (Å²) >= 11 is 0. The summed E-state index contributed by atoms with van der Waals surface area (Å²) in [5.74, 6) is 0.890. The smallest absolute Gasteiger partial charge is 0.118 e. The highest BCUT2D eigenvalue weighted by molar-refractivity contribution is 5.83. The molecule has 0 fully saturated rings. The summed E-state index contributed by atoms with van der Waals surface area (Å²) in [4.78, 5) is 0. The molecule has 1 aromatic heterocycles. The number of benzene rings is 2. The maximum atomic E-state index is 5.69. The maximum Gasteiger partial charge on any atom is 0.118 e. The first-order chi connectivity index (χ1) is 10.3. The van der Waals surface area contributed by atoms with Crippen molar-refractivity contribution in [2.24, 2.45) is 5.73 Å². The van der Waals surface area contributed by atoms with E-state index in [0.717, 1.165) is 18.7 Å². The van der Waals surface area contributed by atoms with Gasteiger partial charge >= 0.3 is 0 Å². The molecule has 108 valence electrons. The van der Waals surface area contributed by atoms with Crippen LogP contribution in [0.4, 0.5) is 0 Å². The number of nitrogens with zero attached hydrogens (tertiary/aromatic N) is 1. The Balaban J connectivity index is 1.91. The minimum absolute atomic E-state index is 0.683. The van der Waals surface area contributed by atoms with Crippen LogP contribution in [0.5, 0.6) is 5.75 Å². The van der Waals surface area contributed by atoms with Crippen LogP contribution >= 0.6 is 0 Å². The summed E-state index contributed by atoms with van der Waals surface area (Å²) in [7, 11) is 1.69. The number of fused-ring (bicyclic) bond motifs is 1. The monoisotopic (exact) mass is 280 g/mol. The van der Waals surface area contributed by atoms with Crippen LogP contribution in [0.3, 0.4) is 0 Å². The fourth-order valence-corrected chi connectivity index (χ4v) is 2.73. The lowest BCUT2D eigenvalue weighted by atomic mass is 10.1. The fourth-order valence-electron chi connectivity index (χ4n) is 2.73. The van der Waals surface area contributed by atoms with Crippen molar-refractivity contribution >= 4 is 10.9 Å². The molecule has 0 saturated heterocycles. The van der Waals surface area contributed by atoms with Gasteiger partial charge in [0, 0.05) is 23.6 Å². The molecule has 21 heavy (non-hydrogen) atoms. The zero-order chi connectivity index (χ0) is 14.7. The highest BCUT2D eigenvalue weighted by Gasteiger charge is 2.05. The number of rotatable bonds is 5. The Bertz CT molecular complexity index is 729. The lowest BCUT2D eigenvalue weighted by molar-refractivity contribution is 0.414. The van der Waals surface area contributed by atoms with E-state index in [0.29, 0.717) is 6.54 Å². The molecule has 0 aliphatic rings. The molecule has 1 heterocycles. The number of methoxy groups -OCH3 is 1. The van der Waals surface area contributed by atoms with Crippen LogP contribution in [0.1, 0.15) is 11.1 Å². The Labute approximate surface area is 125 Å². The van der Waals surface area contributed by atoms with E-state index in [9.17, 15) is 0 Å². The summed E-state index contributed by atoms with van der Waals surface area (Å²) in [5, 5.41) is 1.30. The predicted octanol–water partition coefficient (Wildman–Crippen LogP) is 3.20. The van der Waals surface area contributed by atoms with Gasteiger partial charge in [0.15, 0.2) is 0 Å². The zero-order valence-electron chi connectivity index (χ0n) is 12.3. The Morgan fingerprint density at radius 1 is 1.05 bits per heavy atom. The molecule has 0 bridgehead atoms. The quantitative estimate of drug-likeness (QED) is 0.779. The Kier molecular flexibility index (Phi) is 3.93. The molecular weight excluding hydrogens is 260 g/mol. The molecule has 0 aliphatic heterocycles. The lowest BCUT2D eigenvalue weighted by Crippen LogP contribution is -2.03. The van der Waals surface area contributed by atoms with Gasteiger partial charge in [0.05, 0.1) is 7.11 Å². The lowest BCUT2D eigenvalue weighted by Gasteiger charge is -2.08. The van der Waals surface area contributed by atoms with Gasteiger partial charge < -0.3 is 15.0 Å². The maximum absolute atomic E-state index is 5.69. The molecule has 0 unspecified atom stereocenters. The van der Waals surface area contributed by atoms with E-state index in [1.165, 1.54) is 22.0 Å². The van der Waals surface area contributed by atoms with Crippen molar-refractivity contribution in [1.29, 1.82) is 0 Å². The average molecular weight is 280 g/mol. The van der Waals surface area contributed by atoms with Crippen molar-refractivity contribution in [3.8, 4) is 5.75 Å². The fraction of sp³-hybridized carbons (Fsp3) is 0.222. The van der Waals surface area contributed by atoms with E-state index >= 15 is 0 Å². The second kappa shape index (κ2) is 6.02. The largest absolute Gasteiger partial charge is 0.497 e. The van der Waals surface area contributed by atoms with E-state index in [2.05, 4.69) is 47.2 Å². The van der Waals surface area contributed by atoms with Gasteiger partial charge in [-0.15, -0.1) is 0 Å². The predicted molar refractivity (Wildman–Crippen MR) is 86.8 cm³/mol. The third-order valence-electron chi connectivity index (χ3n) is 3.83. The van der Waals surface area contributed by atoms with Gasteiger partial charge in [0.25, 0.3) is 0 Å². The van der Waals surface area contributed by atoms with Crippen molar-refractivity contribution in [2.45, 2.75) is 13.0 Å². The molecule has 0 spiro atoms. The first kappa shape index (κ1) is 13.7. The topological polar surface area (TPSA) is 40.2 Å². The number of aromatic nitrogens is 1. The first-order valence-electron chi connectivity index (χ1n) is 7.21. The molecule has 0 radical (unpaired) electrons. The molecule has 3 aromatic rings. The van der Waals surface area contributed by atoms with Crippen LogP contribution in [0.2, 0.25) is 0 Å². The summed E-state index contributed by atoms with van der Waals surface area (Å²) in [6.45, 7) is 1.54. The Hall–Kier alpha value is -2.26. The number of nitrogens with two attached hydrogens (primary N) is 1. The SMILES string of the molecule is COc1ccc(Cn2ccc3c(CCN)cccc32)cc1. The molecule has 0 aliphatic carbocycles. The Morgan fingerprint density at radius 2 is 1.86 bits per heavy atom. The van der Waals surface area contributed by atoms with Crippen molar-refractivity contribution in [3.63, 3.8) is 0 Å². The van der Waals surface area contributed by atoms with E-state index < -0.39 is 0 Å². The van der Waals surface area contributed by atoms with Crippen LogP contribution in [0.15, 0.2) is 54.7 Å². The minimum Gasteiger partial charge on any atom is -0.497 e.